The van der Waals surface area contributed by atoms with Crippen LogP contribution < -0.4 is 5.73 Å². The molecule has 0 bridgehead atoms. The SMILES string of the molecule is CCCCCCCCC(N)Cc1ccc2ccccc2n1. The Morgan fingerprint density at radius 2 is 1.71 bits per heavy atom. The fourth-order valence-electron chi connectivity index (χ4n) is 2.78. The van der Waals surface area contributed by atoms with Gasteiger partial charge in [-0.1, -0.05) is 69.7 Å². The number of fused-ring (bicyclic) bond motifs is 1. The molecule has 1 aromatic heterocycles. The minimum absolute atomic E-state index is 0.241. The Kier molecular flexibility index (Phi) is 6.68. The van der Waals surface area contributed by atoms with Crippen LogP contribution in [-0.4, -0.2) is 11.0 Å². The van der Waals surface area contributed by atoms with E-state index in [4.69, 9.17) is 10.7 Å². The first-order valence-corrected chi connectivity index (χ1v) is 8.40. The standard InChI is InChI=1S/C19H28N2/c1-2-3-4-5-6-7-11-17(20)15-18-14-13-16-10-8-9-12-19(16)21-18/h8-10,12-14,17H,2-7,11,15,20H2,1H3. The molecular formula is C19H28N2. The number of para-hydroxylation sites is 1. The Labute approximate surface area is 128 Å². The maximum Gasteiger partial charge on any atom is 0.0705 e. The highest BCUT2D eigenvalue weighted by Gasteiger charge is 2.06. The van der Waals surface area contributed by atoms with Gasteiger partial charge in [0.1, 0.15) is 0 Å². The molecule has 0 aliphatic carbocycles. The lowest BCUT2D eigenvalue weighted by atomic mass is 10.0. The van der Waals surface area contributed by atoms with Gasteiger partial charge in [0, 0.05) is 23.5 Å². The van der Waals surface area contributed by atoms with Crippen molar-refractivity contribution in [2.75, 3.05) is 0 Å². The molecule has 1 atom stereocenters. The van der Waals surface area contributed by atoms with Gasteiger partial charge in [-0.05, 0) is 18.6 Å². The second kappa shape index (κ2) is 8.78. The first-order valence-electron chi connectivity index (χ1n) is 8.40. The number of hydrogen-bond acceptors (Lipinski definition) is 2. The van der Waals surface area contributed by atoms with Crippen LogP contribution in [0.15, 0.2) is 36.4 Å². The molecule has 21 heavy (non-hydrogen) atoms. The highest BCUT2D eigenvalue weighted by Crippen LogP contribution is 2.14. The highest BCUT2D eigenvalue weighted by molar-refractivity contribution is 5.78. The van der Waals surface area contributed by atoms with E-state index in [1.807, 2.05) is 12.1 Å². The molecule has 0 radical (unpaired) electrons. The van der Waals surface area contributed by atoms with Gasteiger partial charge >= 0.3 is 0 Å². The van der Waals surface area contributed by atoms with E-state index in [1.165, 1.54) is 43.9 Å². The van der Waals surface area contributed by atoms with Crippen LogP contribution in [-0.2, 0) is 6.42 Å². The minimum atomic E-state index is 0.241. The maximum absolute atomic E-state index is 6.25. The van der Waals surface area contributed by atoms with Crippen LogP contribution in [0, 0.1) is 0 Å². The third kappa shape index (κ3) is 5.47. The molecule has 0 spiro atoms. The predicted molar refractivity (Wildman–Crippen MR) is 91.4 cm³/mol. The van der Waals surface area contributed by atoms with Crippen LogP contribution in [0.3, 0.4) is 0 Å². The Hall–Kier alpha value is -1.41. The Morgan fingerprint density at radius 3 is 2.57 bits per heavy atom. The third-order valence-corrected chi connectivity index (χ3v) is 4.06. The van der Waals surface area contributed by atoms with Gasteiger partial charge in [0.15, 0.2) is 0 Å². The van der Waals surface area contributed by atoms with Gasteiger partial charge in [-0.2, -0.15) is 0 Å². The monoisotopic (exact) mass is 284 g/mol. The summed E-state index contributed by atoms with van der Waals surface area (Å²) in [6, 6.07) is 12.8. The molecule has 2 heteroatoms. The Morgan fingerprint density at radius 1 is 0.952 bits per heavy atom. The number of aromatic nitrogens is 1. The van der Waals surface area contributed by atoms with Crippen LogP contribution in [0.4, 0.5) is 0 Å². The fourth-order valence-corrected chi connectivity index (χ4v) is 2.78. The van der Waals surface area contributed by atoms with Crippen molar-refractivity contribution in [3.8, 4) is 0 Å². The molecule has 1 aromatic carbocycles. The molecule has 2 rings (SSSR count). The molecule has 114 valence electrons. The number of hydrogen-bond donors (Lipinski definition) is 1. The zero-order chi connectivity index (χ0) is 14.9. The summed E-state index contributed by atoms with van der Waals surface area (Å²) in [6.07, 6.45) is 9.98. The lowest BCUT2D eigenvalue weighted by Gasteiger charge is -2.11. The summed E-state index contributed by atoms with van der Waals surface area (Å²) in [5.41, 5.74) is 8.44. The largest absolute Gasteiger partial charge is 0.327 e. The average Bonchev–Trinajstić information content (AvgIpc) is 2.50. The van der Waals surface area contributed by atoms with E-state index >= 15 is 0 Å². The minimum Gasteiger partial charge on any atom is -0.327 e. The summed E-state index contributed by atoms with van der Waals surface area (Å²) in [4.78, 5) is 4.70. The number of nitrogens with two attached hydrogens (primary N) is 1. The molecule has 1 unspecified atom stereocenters. The second-order valence-electron chi connectivity index (χ2n) is 6.02. The van der Waals surface area contributed by atoms with Crippen LogP contribution in [0.25, 0.3) is 10.9 Å². The molecule has 0 fully saturated rings. The summed E-state index contributed by atoms with van der Waals surface area (Å²) in [5.74, 6) is 0. The van der Waals surface area contributed by atoms with Gasteiger partial charge in [-0.25, -0.2) is 0 Å². The Bertz CT molecular complexity index is 536. The zero-order valence-electron chi connectivity index (χ0n) is 13.2. The summed E-state index contributed by atoms with van der Waals surface area (Å²) in [6.45, 7) is 2.26. The number of nitrogens with zero attached hydrogens (tertiary/aromatic N) is 1. The highest BCUT2D eigenvalue weighted by atomic mass is 14.7. The van der Waals surface area contributed by atoms with Crippen molar-refractivity contribution < 1.29 is 0 Å². The molecule has 2 aromatic rings. The summed E-state index contributed by atoms with van der Waals surface area (Å²) in [5, 5.41) is 1.20. The topological polar surface area (TPSA) is 38.9 Å². The van der Waals surface area contributed by atoms with E-state index in [2.05, 4.69) is 31.2 Å². The van der Waals surface area contributed by atoms with Gasteiger partial charge < -0.3 is 5.73 Å². The number of unbranched alkanes of at least 4 members (excludes halogenated alkanes) is 5. The van der Waals surface area contributed by atoms with E-state index in [1.54, 1.807) is 0 Å². The van der Waals surface area contributed by atoms with Crippen molar-refractivity contribution in [1.29, 1.82) is 0 Å². The number of benzene rings is 1. The fraction of sp³-hybridized carbons (Fsp3) is 0.526. The van der Waals surface area contributed by atoms with Crippen molar-refractivity contribution in [3.05, 3.63) is 42.1 Å². The van der Waals surface area contributed by atoms with Crippen LogP contribution in [0.1, 0.15) is 57.6 Å². The van der Waals surface area contributed by atoms with Crippen molar-refractivity contribution in [2.24, 2.45) is 5.73 Å². The smallest absolute Gasteiger partial charge is 0.0705 e. The van der Waals surface area contributed by atoms with Crippen LogP contribution in [0.5, 0.6) is 0 Å². The van der Waals surface area contributed by atoms with E-state index in [-0.39, 0.29) is 6.04 Å². The predicted octanol–water partition coefficient (Wildman–Crippen LogP) is 4.86. The van der Waals surface area contributed by atoms with Gasteiger partial charge in [-0.15, -0.1) is 0 Å². The van der Waals surface area contributed by atoms with E-state index in [0.717, 1.165) is 24.1 Å². The maximum atomic E-state index is 6.25. The average molecular weight is 284 g/mol. The quantitative estimate of drug-likeness (QED) is 0.668. The molecule has 0 aliphatic heterocycles. The first-order chi connectivity index (χ1) is 10.3. The van der Waals surface area contributed by atoms with E-state index in [9.17, 15) is 0 Å². The lowest BCUT2D eigenvalue weighted by molar-refractivity contribution is 0.530. The van der Waals surface area contributed by atoms with E-state index < -0.39 is 0 Å². The molecule has 1 heterocycles. The molecule has 0 aliphatic rings. The molecular weight excluding hydrogens is 256 g/mol. The normalized spacial score (nSPS) is 12.7. The molecule has 0 saturated heterocycles. The van der Waals surface area contributed by atoms with Crippen molar-refractivity contribution in [2.45, 2.75) is 64.3 Å². The first kappa shape index (κ1) is 16.0. The Balaban J connectivity index is 1.74. The number of rotatable bonds is 9. The lowest BCUT2D eigenvalue weighted by Crippen LogP contribution is -2.23. The van der Waals surface area contributed by atoms with Crippen LogP contribution >= 0.6 is 0 Å². The third-order valence-electron chi connectivity index (χ3n) is 4.06. The van der Waals surface area contributed by atoms with Gasteiger partial charge in [0.25, 0.3) is 0 Å². The molecule has 2 N–H and O–H groups in total. The molecule has 2 nitrogen and oxygen atoms in total. The van der Waals surface area contributed by atoms with Crippen LogP contribution in [0.2, 0.25) is 0 Å². The van der Waals surface area contributed by atoms with Crippen molar-refractivity contribution in [3.63, 3.8) is 0 Å². The van der Waals surface area contributed by atoms with Crippen molar-refractivity contribution in [1.82, 2.24) is 4.98 Å². The van der Waals surface area contributed by atoms with Gasteiger partial charge in [-0.3, -0.25) is 4.98 Å². The van der Waals surface area contributed by atoms with Crippen molar-refractivity contribution >= 4 is 10.9 Å². The summed E-state index contributed by atoms with van der Waals surface area (Å²) < 4.78 is 0. The molecule has 0 saturated carbocycles. The van der Waals surface area contributed by atoms with E-state index in [0.29, 0.717) is 0 Å². The van der Waals surface area contributed by atoms with Gasteiger partial charge in [0.2, 0.25) is 0 Å². The second-order valence-corrected chi connectivity index (χ2v) is 6.02. The zero-order valence-corrected chi connectivity index (χ0v) is 13.2. The summed E-state index contributed by atoms with van der Waals surface area (Å²) >= 11 is 0. The summed E-state index contributed by atoms with van der Waals surface area (Å²) in [7, 11) is 0. The van der Waals surface area contributed by atoms with Gasteiger partial charge in [0.05, 0.1) is 5.52 Å². The number of pyridine rings is 1. The molecule has 0 amide bonds.